The molecule has 3 aromatic carbocycles. The van der Waals surface area contributed by atoms with Crippen molar-refractivity contribution in [3.63, 3.8) is 0 Å². The molecule has 5 rings (SSSR count). The fourth-order valence-corrected chi connectivity index (χ4v) is 4.40. The first-order valence-electron chi connectivity index (χ1n) is 12.4. The van der Waals surface area contributed by atoms with Crippen LogP contribution in [-0.2, 0) is 11.3 Å². The SMILES string of the molecule is Cc1ccc2c(Oc3cccc(C(=O)NCc4ccc(C(=O)N5CCOCC5)cc4)c3C)ccnc2c1. The van der Waals surface area contributed by atoms with Gasteiger partial charge in [0.05, 0.1) is 18.7 Å². The summed E-state index contributed by atoms with van der Waals surface area (Å²) in [5, 5.41) is 3.89. The third-order valence-electron chi connectivity index (χ3n) is 6.56. The van der Waals surface area contributed by atoms with E-state index >= 15 is 0 Å². The van der Waals surface area contributed by atoms with Gasteiger partial charge in [-0.25, -0.2) is 0 Å². The number of aromatic nitrogens is 1. The lowest BCUT2D eigenvalue weighted by Gasteiger charge is -2.26. The van der Waals surface area contributed by atoms with Crippen LogP contribution < -0.4 is 10.1 Å². The number of hydrogen-bond donors (Lipinski definition) is 1. The van der Waals surface area contributed by atoms with Gasteiger partial charge in [0.25, 0.3) is 11.8 Å². The minimum atomic E-state index is -0.188. The minimum Gasteiger partial charge on any atom is -0.456 e. The van der Waals surface area contributed by atoms with Crippen molar-refractivity contribution < 1.29 is 19.1 Å². The van der Waals surface area contributed by atoms with Gasteiger partial charge in [-0.3, -0.25) is 14.6 Å². The highest BCUT2D eigenvalue weighted by molar-refractivity contribution is 5.96. The quantitative estimate of drug-likeness (QED) is 0.405. The zero-order chi connectivity index (χ0) is 25.8. The molecule has 1 N–H and O–H groups in total. The summed E-state index contributed by atoms with van der Waals surface area (Å²) in [6.45, 7) is 6.61. The zero-order valence-corrected chi connectivity index (χ0v) is 21.0. The van der Waals surface area contributed by atoms with E-state index in [-0.39, 0.29) is 11.8 Å². The van der Waals surface area contributed by atoms with Gasteiger partial charge in [0.1, 0.15) is 11.5 Å². The lowest BCUT2D eigenvalue weighted by Crippen LogP contribution is -2.40. The van der Waals surface area contributed by atoms with E-state index in [2.05, 4.69) is 10.3 Å². The molecule has 7 heteroatoms. The number of carbonyl (C=O) groups is 2. The van der Waals surface area contributed by atoms with Gasteiger partial charge in [-0.15, -0.1) is 0 Å². The van der Waals surface area contributed by atoms with Crippen molar-refractivity contribution in [2.24, 2.45) is 0 Å². The maximum absolute atomic E-state index is 13.0. The smallest absolute Gasteiger partial charge is 0.254 e. The highest BCUT2D eigenvalue weighted by Gasteiger charge is 2.18. The molecular weight excluding hydrogens is 466 g/mol. The number of nitrogens with zero attached hydrogens (tertiary/aromatic N) is 2. The Hall–Kier alpha value is -4.23. The fourth-order valence-electron chi connectivity index (χ4n) is 4.40. The van der Waals surface area contributed by atoms with E-state index in [1.54, 1.807) is 29.3 Å². The van der Waals surface area contributed by atoms with Crippen molar-refractivity contribution in [1.82, 2.24) is 15.2 Å². The van der Waals surface area contributed by atoms with Crippen molar-refractivity contribution in [2.45, 2.75) is 20.4 Å². The van der Waals surface area contributed by atoms with Gasteiger partial charge in [0, 0.05) is 47.9 Å². The number of fused-ring (bicyclic) bond motifs is 1. The Balaban J connectivity index is 1.25. The number of ether oxygens (including phenoxy) is 2. The molecule has 2 heterocycles. The molecule has 7 nitrogen and oxygen atoms in total. The van der Waals surface area contributed by atoms with Gasteiger partial charge in [-0.05, 0) is 67.4 Å². The molecule has 4 aromatic rings. The summed E-state index contributed by atoms with van der Waals surface area (Å²) in [5.41, 5.74) is 4.84. The van der Waals surface area contributed by atoms with Crippen molar-refractivity contribution >= 4 is 22.7 Å². The largest absolute Gasteiger partial charge is 0.456 e. The van der Waals surface area contributed by atoms with Crippen LogP contribution in [0.2, 0.25) is 0 Å². The average molecular weight is 496 g/mol. The first kappa shape index (κ1) is 24.5. The van der Waals surface area contributed by atoms with E-state index in [0.29, 0.717) is 55.5 Å². The number of aryl methyl sites for hydroxylation is 1. The minimum absolute atomic E-state index is 0.00318. The summed E-state index contributed by atoms with van der Waals surface area (Å²) < 4.78 is 11.6. The molecule has 0 unspecified atom stereocenters. The predicted molar refractivity (Wildman–Crippen MR) is 142 cm³/mol. The first-order valence-corrected chi connectivity index (χ1v) is 12.4. The van der Waals surface area contributed by atoms with Gasteiger partial charge in [-0.1, -0.05) is 24.3 Å². The van der Waals surface area contributed by atoms with E-state index in [1.807, 2.05) is 62.4 Å². The molecule has 0 bridgehead atoms. The van der Waals surface area contributed by atoms with Crippen molar-refractivity contribution in [3.8, 4) is 11.5 Å². The van der Waals surface area contributed by atoms with E-state index in [9.17, 15) is 9.59 Å². The summed E-state index contributed by atoms with van der Waals surface area (Å²) in [6.07, 6.45) is 1.72. The number of morpholine rings is 1. The second-order valence-corrected chi connectivity index (χ2v) is 9.14. The number of rotatable bonds is 6. The Morgan fingerprint density at radius 1 is 0.973 bits per heavy atom. The fraction of sp³-hybridized carbons (Fsp3) is 0.233. The van der Waals surface area contributed by atoms with Gasteiger partial charge in [0.2, 0.25) is 0 Å². The van der Waals surface area contributed by atoms with Gasteiger partial charge in [0.15, 0.2) is 0 Å². The number of benzene rings is 3. The molecule has 1 saturated heterocycles. The Morgan fingerprint density at radius 3 is 2.54 bits per heavy atom. The summed E-state index contributed by atoms with van der Waals surface area (Å²) >= 11 is 0. The van der Waals surface area contributed by atoms with Crippen LogP contribution in [0.15, 0.2) is 72.9 Å². The van der Waals surface area contributed by atoms with Crippen molar-refractivity contribution in [3.05, 3.63) is 101 Å². The van der Waals surface area contributed by atoms with E-state index in [4.69, 9.17) is 9.47 Å². The molecule has 1 fully saturated rings. The Kier molecular flexibility index (Phi) is 7.14. The van der Waals surface area contributed by atoms with Gasteiger partial charge >= 0.3 is 0 Å². The van der Waals surface area contributed by atoms with Crippen LogP contribution in [-0.4, -0.2) is 48.0 Å². The standard InChI is InChI=1S/C30H29N3O4/c1-20-6-11-25-26(18-20)31-13-12-28(25)37-27-5-3-4-24(21(27)2)29(34)32-19-22-7-9-23(10-8-22)30(35)33-14-16-36-17-15-33/h3-13,18H,14-17,19H2,1-2H3,(H,32,34). The molecule has 0 saturated carbocycles. The van der Waals surface area contributed by atoms with E-state index in [1.165, 1.54) is 0 Å². The summed E-state index contributed by atoms with van der Waals surface area (Å²) in [5.74, 6) is 1.12. The van der Waals surface area contributed by atoms with Crippen molar-refractivity contribution in [2.75, 3.05) is 26.3 Å². The zero-order valence-electron chi connectivity index (χ0n) is 21.0. The van der Waals surface area contributed by atoms with Crippen LogP contribution >= 0.6 is 0 Å². The molecule has 0 spiro atoms. The summed E-state index contributed by atoms with van der Waals surface area (Å²) in [7, 11) is 0. The average Bonchev–Trinajstić information content (AvgIpc) is 2.93. The Morgan fingerprint density at radius 2 is 1.76 bits per heavy atom. The number of nitrogens with one attached hydrogen (secondary N) is 1. The summed E-state index contributed by atoms with van der Waals surface area (Å²) in [4.78, 5) is 31.9. The molecule has 1 aliphatic heterocycles. The Bertz CT molecular complexity index is 1440. The lowest BCUT2D eigenvalue weighted by atomic mass is 10.1. The second kappa shape index (κ2) is 10.8. The van der Waals surface area contributed by atoms with E-state index < -0.39 is 0 Å². The third kappa shape index (κ3) is 5.47. The topological polar surface area (TPSA) is 80.8 Å². The van der Waals surface area contributed by atoms with E-state index in [0.717, 1.165) is 27.6 Å². The van der Waals surface area contributed by atoms with Crippen LogP contribution in [0.25, 0.3) is 10.9 Å². The lowest BCUT2D eigenvalue weighted by molar-refractivity contribution is 0.0303. The monoisotopic (exact) mass is 495 g/mol. The molecule has 1 aliphatic rings. The number of carbonyl (C=O) groups excluding carboxylic acids is 2. The van der Waals surface area contributed by atoms with Crippen LogP contribution in [0, 0.1) is 13.8 Å². The number of hydrogen-bond acceptors (Lipinski definition) is 5. The Labute approximate surface area is 216 Å². The van der Waals surface area contributed by atoms with Crippen LogP contribution in [0.1, 0.15) is 37.4 Å². The molecule has 2 amide bonds. The van der Waals surface area contributed by atoms with Crippen LogP contribution in [0.4, 0.5) is 0 Å². The number of pyridine rings is 1. The predicted octanol–water partition coefficient (Wildman–Crippen LogP) is 5.05. The normalized spacial score (nSPS) is 13.4. The van der Waals surface area contributed by atoms with Crippen LogP contribution in [0.5, 0.6) is 11.5 Å². The maximum atomic E-state index is 13.0. The summed E-state index contributed by atoms with van der Waals surface area (Å²) in [6, 6.07) is 20.7. The molecular formula is C30H29N3O4. The maximum Gasteiger partial charge on any atom is 0.254 e. The molecule has 0 aliphatic carbocycles. The van der Waals surface area contributed by atoms with Crippen molar-refractivity contribution in [1.29, 1.82) is 0 Å². The third-order valence-corrected chi connectivity index (χ3v) is 6.56. The molecule has 0 radical (unpaired) electrons. The van der Waals surface area contributed by atoms with Crippen LogP contribution in [0.3, 0.4) is 0 Å². The highest BCUT2D eigenvalue weighted by atomic mass is 16.5. The number of amides is 2. The molecule has 37 heavy (non-hydrogen) atoms. The first-order chi connectivity index (χ1) is 18.0. The molecule has 1 aromatic heterocycles. The molecule has 0 atom stereocenters. The molecule has 188 valence electrons. The second-order valence-electron chi connectivity index (χ2n) is 9.14. The van der Waals surface area contributed by atoms with Gasteiger partial charge < -0.3 is 19.7 Å². The highest BCUT2D eigenvalue weighted by Crippen LogP contribution is 2.32. The van der Waals surface area contributed by atoms with Gasteiger partial charge in [-0.2, -0.15) is 0 Å².